The number of nitrogens with one attached hydrogen (secondary N) is 1. The zero-order valence-electron chi connectivity index (χ0n) is 12.8. The summed E-state index contributed by atoms with van der Waals surface area (Å²) in [5.74, 6) is 0.887. The number of benzene rings is 2. The van der Waals surface area contributed by atoms with Gasteiger partial charge in [-0.05, 0) is 36.8 Å². The predicted molar refractivity (Wildman–Crippen MR) is 87.7 cm³/mol. The van der Waals surface area contributed by atoms with Gasteiger partial charge >= 0.3 is 0 Å². The average Bonchev–Trinajstić information content (AvgIpc) is 2.53. The van der Waals surface area contributed by atoms with E-state index in [0.717, 1.165) is 5.57 Å². The predicted octanol–water partition coefficient (Wildman–Crippen LogP) is 3.90. The van der Waals surface area contributed by atoms with Gasteiger partial charge < -0.3 is 14.8 Å². The number of rotatable bonds is 6. The van der Waals surface area contributed by atoms with Gasteiger partial charge in [-0.15, -0.1) is 0 Å². The molecular weight excluding hydrogens is 278 g/mol. The van der Waals surface area contributed by atoms with Crippen LogP contribution in [0.15, 0.2) is 60.7 Å². The van der Waals surface area contributed by atoms with Crippen LogP contribution in [0, 0.1) is 0 Å². The number of methoxy groups -OCH3 is 1. The number of hydrogen-bond donors (Lipinski definition) is 1. The van der Waals surface area contributed by atoms with Crippen LogP contribution in [-0.2, 0) is 0 Å². The van der Waals surface area contributed by atoms with Gasteiger partial charge in [-0.25, -0.2) is 0 Å². The van der Waals surface area contributed by atoms with E-state index in [-0.39, 0.29) is 5.91 Å². The van der Waals surface area contributed by atoms with Gasteiger partial charge in [-0.1, -0.05) is 30.8 Å². The molecule has 114 valence electrons. The fourth-order valence-electron chi connectivity index (χ4n) is 1.92. The Balaban J connectivity index is 2.19. The van der Waals surface area contributed by atoms with E-state index in [1.807, 2.05) is 25.1 Å². The normalized spacial score (nSPS) is 9.91. The zero-order valence-corrected chi connectivity index (χ0v) is 12.8. The van der Waals surface area contributed by atoms with Crippen LogP contribution in [0.3, 0.4) is 0 Å². The topological polar surface area (TPSA) is 47.6 Å². The molecule has 0 heterocycles. The Hall–Kier alpha value is -2.75. The maximum atomic E-state index is 12.4. The third-order valence-electron chi connectivity index (χ3n) is 2.96. The molecule has 0 spiro atoms. The van der Waals surface area contributed by atoms with Crippen molar-refractivity contribution in [2.45, 2.75) is 6.92 Å². The molecule has 0 atom stereocenters. The molecule has 0 radical (unpaired) electrons. The maximum absolute atomic E-state index is 12.4. The first-order valence-electron chi connectivity index (χ1n) is 6.92. The Bertz CT molecular complexity index is 680. The average molecular weight is 297 g/mol. The Morgan fingerprint density at radius 2 is 1.73 bits per heavy atom. The van der Waals surface area contributed by atoms with Crippen molar-refractivity contribution >= 4 is 11.6 Å². The molecule has 0 saturated heterocycles. The van der Waals surface area contributed by atoms with E-state index in [9.17, 15) is 4.79 Å². The summed E-state index contributed by atoms with van der Waals surface area (Å²) in [5.41, 5.74) is 1.99. The Morgan fingerprint density at radius 3 is 2.41 bits per heavy atom. The molecule has 0 fully saturated rings. The van der Waals surface area contributed by atoms with Gasteiger partial charge in [0, 0.05) is 0 Å². The van der Waals surface area contributed by atoms with Gasteiger partial charge in [0.2, 0.25) is 0 Å². The van der Waals surface area contributed by atoms with E-state index < -0.39 is 0 Å². The second kappa shape index (κ2) is 7.31. The monoisotopic (exact) mass is 297 g/mol. The lowest BCUT2D eigenvalue weighted by Crippen LogP contribution is -2.14. The van der Waals surface area contributed by atoms with Crippen LogP contribution in [0.25, 0.3) is 0 Å². The molecule has 2 aromatic carbocycles. The molecule has 2 rings (SSSR count). The van der Waals surface area contributed by atoms with Crippen molar-refractivity contribution < 1.29 is 14.3 Å². The van der Waals surface area contributed by atoms with E-state index in [1.165, 1.54) is 7.11 Å². The third kappa shape index (κ3) is 3.88. The summed E-state index contributed by atoms with van der Waals surface area (Å²) < 4.78 is 10.9. The van der Waals surface area contributed by atoms with E-state index >= 15 is 0 Å². The second-order valence-corrected chi connectivity index (χ2v) is 4.90. The molecule has 2 aromatic rings. The second-order valence-electron chi connectivity index (χ2n) is 4.90. The fourth-order valence-corrected chi connectivity index (χ4v) is 1.92. The Morgan fingerprint density at radius 1 is 1.09 bits per heavy atom. The lowest BCUT2D eigenvalue weighted by molar-refractivity contribution is 0.102. The van der Waals surface area contributed by atoms with Crippen LogP contribution in [0.2, 0.25) is 0 Å². The van der Waals surface area contributed by atoms with Crippen LogP contribution in [0.1, 0.15) is 17.3 Å². The van der Waals surface area contributed by atoms with Crippen molar-refractivity contribution in [1.29, 1.82) is 0 Å². The number of carbonyl (C=O) groups is 1. The number of anilines is 1. The maximum Gasteiger partial charge on any atom is 0.259 e. The Labute approximate surface area is 130 Å². The van der Waals surface area contributed by atoms with Crippen LogP contribution < -0.4 is 14.8 Å². The minimum absolute atomic E-state index is 0.246. The largest absolute Gasteiger partial charge is 0.496 e. The van der Waals surface area contributed by atoms with Gasteiger partial charge in [0.05, 0.1) is 18.4 Å². The number of ether oxygens (including phenoxy) is 2. The first kappa shape index (κ1) is 15.6. The summed E-state index contributed by atoms with van der Waals surface area (Å²) in [4.78, 5) is 12.4. The molecule has 1 N–H and O–H groups in total. The number of para-hydroxylation sites is 3. The van der Waals surface area contributed by atoms with Gasteiger partial charge in [-0.2, -0.15) is 0 Å². The summed E-state index contributed by atoms with van der Waals surface area (Å²) in [6.45, 7) is 6.09. The van der Waals surface area contributed by atoms with Crippen molar-refractivity contribution in [1.82, 2.24) is 0 Å². The molecule has 0 bridgehead atoms. The number of hydrogen-bond acceptors (Lipinski definition) is 3. The number of carbonyl (C=O) groups excluding carboxylic acids is 1. The number of amides is 1. The smallest absolute Gasteiger partial charge is 0.259 e. The van der Waals surface area contributed by atoms with Gasteiger partial charge in [0.15, 0.2) is 0 Å². The van der Waals surface area contributed by atoms with Crippen LogP contribution >= 0.6 is 0 Å². The van der Waals surface area contributed by atoms with Crippen molar-refractivity contribution in [3.8, 4) is 11.5 Å². The van der Waals surface area contributed by atoms with Crippen molar-refractivity contribution in [2.24, 2.45) is 0 Å². The minimum atomic E-state index is -0.246. The van der Waals surface area contributed by atoms with Crippen LogP contribution in [0.5, 0.6) is 11.5 Å². The lowest BCUT2D eigenvalue weighted by atomic mass is 10.2. The van der Waals surface area contributed by atoms with E-state index in [2.05, 4.69) is 11.9 Å². The molecule has 4 heteroatoms. The van der Waals surface area contributed by atoms with Crippen molar-refractivity contribution in [3.63, 3.8) is 0 Å². The highest BCUT2D eigenvalue weighted by molar-refractivity contribution is 6.06. The standard InChI is InChI=1S/C18H19NO3/c1-13(2)12-22-17-11-7-5-9-15(17)19-18(20)14-8-4-6-10-16(14)21-3/h4-11H,1,12H2,2-3H3,(H,19,20). The molecule has 0 saturated carbocycles. The molecule has 22 heavy (non-hydrogen) atoms. The summed E-state index contributed by atoms with van der Waals surface area (Å²) >= 11 is 0. The Kier molecular flexibility index (Phi) is 5.20. The van der Waals surface area contributed by atoms with Gasteiger partial charge in [-0.3, -0.25) is 4.79 Å². The highest BCUT2D eigenvalue weighted by Crippen LogP contribution is 2.26. The summed E-state index contributed by atoms with van der Waals surface area (Å²) in [6, 6.07) is 14.4. The van der Waals surface area contributed by atoms with Gasteiger partial charge in [0.1, 0.15) is 18.1 Å². The third-order valence-corrected chi connectivity index (χ3v) is 2.96. The quantitative estimate of drug-likeness (QED) is 0.823. The summed E-state index contributed by atoms with van der Waals surface area (Å²) in [6.07, 6.45) is 0. The van der Waals surface area contributed by atoms with Gasteiger partial charge in [0.25, 0.3) is 5.91 Å². The molecule has 0 aliphatic carbocycles. The van der Waals surface area contributed by atoms with Crippen molar-refractivity contribution in [3.05, 3.63) is 66.2 Å². The zero-order chi connectivity index (χ0) is 15.9. The lowest BCUT2D eigenvalue weighted by Gasteiger charge is -2.13. The summed E-state index contributed by atoms with van der Waals surface area (Å²) in [7, 11) is 1.54. The molecule has 0 unspecified atom stereocenters. The minimum Gasteiger partial charge on any atom is -0.496 e. The fraction of sp³-hybridized carbons (Fsp3) is 0.167. The van der Waals surface area contributed by atoms with E-state index in [4.69, 9.17) is 9.47 Å². The molecule has 0 aromatic heterocycles. The highest BCUT2D eigenvalue weighted by atomic mass is 16.5. The SMILES string of the molecule is C=C(C)COc1ccccc1NC(=O)c1ccccc1OC. The van der Waals surface area contributed by atoms with E-state index in [1.54, 1.807) is 30.3 Å². The first-order chi connectivity index (χ1) is 10.6. The molecule has 1 amide bonds. The van der Waals surface area contributed by atoms with Crippen LogP contribution in [0.4, 0.5) is 5.69 Å². The molecule has 0 aliphatic rings. The highest BCUT2D eigenvalue weighted by Gasteiger charge is 2.13. The summed E-state index contributed by atoms with van der Waals surface area (Å²) in [5, 5.41) is 2.85. The molecular formula is C18H19NO3. The first-order valence-corrected chi connectivity index (χ1v) is 6.92. The van der Waals surface area contributed by atoms with Crippen molar-refractivity contribution in [2.75, 3.05) is 19.0 Å². The molecule has 0 aliphatic heterocycles. The molecule has 4 nitrogen and oxygen atoms in total. The van der Waals surface area contributed by atoms with Crippen LogP contribution in [-0.4, -0.2) is 19.6 Å². The van der Waals surface area contributed by atoms with E-state index in [0.29, 0.717) is 29.4 Å².